The molecule has 34 heavy (non-hydrogen) atoms. The van der Waals surface area contributed by atoms with Crippen LogP contribution in [0, 0.1) is 0 Å². The molecule has 1 amide bonds. The van der Waals surface area contributed by atoms with Gasteiger partial charge in [-0.1, -0.05) is 54.6 Å². The van der Waals surface area contributed by atoms with Gasteiger partial charge in [-0.15, -0.1) is 0 Å². The maximum atomic E-state index is 13.4. The summed E-state index contributed by atoms with van der Waals surface area (Å²) in [4.78, 5) is 22.7. The molecule has 0 saturated carbocycles. The summed E-state index contributed by atoms with van der Waals surface area (Å²) >= 11 is 0. The number of benzene rings is 3. The number of methoxy groups -OCH3 is 1. The van der Waals surface area contributed by atoms with Crippen LogP contribution < -0.4 is 20.7 Å². The van der Waals surface area contributed by atoms with Gasteiger partial charge in [0.15, 0.2) is 5.58 Å². The number of amides is 1. The molecule has 1 atom stereocenters. The number of nitrogens with zero attached hydrogens (tertiary/aromatic N) is 2. The lowest BCUT2D eigenvalue weighted by Gasteiger charge is -2.26. The molecule has 1 aliphatic rings. The highest BCUT2D eigenvalue weighted by Gasteiger charge is 2.30. The number of carbonyl (C=O) groups excluding carboxylic acids is 1. The fourth-order valence-electron chi connectivity index (χ4n) is 3.87. The largest absolute Gasteiger partial charge is 0.495 e. The number of anilines is 2. The van der Waals surface area contributed by atoms with Gasteiger partial charge in [0, 0.05) is 5.70 Å². The Hall–Kier alpha value is -4.59. The Morgan fingerprint density at radius 2 is 1.74 bits per heavy atom. The molecule has 1 aliphatic heterocycles. The number of guanidine groups is 1. The summed E-state index contributed by atoms with van der Waals surface area (Å²) in [6, 6.07) is 24.2. The Morgan fingerprint density at radius 3 is 2.53 bits per heavy atom. The fraction of sp³-hybridized carbons (Fsp3) is 0.115. The van der Waals surface area contributed by atoms with Crippen molar-refractivity contribution in [3.63, 3.8) is 0 Å². The molecule has 0 saturated heterocycles. The second-order valence-electron chi connectivity index (χ2n) is 7.72. The highest BCUT2D eigenvalue weighted by atomic mass is 16.5. The molecule has 3 aromatic carbocycles. The zero-order valence-electron chi connectivity index (χ0n) is 18.7. The van der Waals surface area contributed by atoms with Crippen molar-refractivity contribution in [2.24, 2.45) is 4.99 Å². The molecule has 3 N–H and O–H groups in total. The van der Waals surface area contributed by atoms with Crippen molar-refractivity contribution in [1.29, 1.82) is 0 Å². The average molecular weight is 454 g/mol. The van der Waals surface area contributed by atoms with Crippen LogP contribution in [0.4, 0.5) is 11.7 Å². The van der Waals surface area contributed by atoms with E-state index < -0.39 is 6.04 Å². The van der Waals surface area contributed by atoms with E-state index in [2.05, 4.69) is 20.9 Å². The quantitative estimate of drug-likeness (QED) is 0.399. The lowest BCUT2D eigenvalue weighted by Crippen LogP contribution is -2.37. The second kappa shape index (κ2) is 9.11. The number of nitrogens with one attached hydrogen (secondary N) is 3. The average Bonchev–Trinajstić information content (AvgIpc) is 3.26. The number of aliphatic imine (C=N–C) groups is 1. The van der Waals surface area contributed by atoms with Crippen LogP contribution in [0.5, 0.6) is 5.75 Å². The third-order valence-corrected chi connectivity index (χ3v) is 5.48. The van der Waals surface area contributed by atoms with Crippen LogP contribution in [-0.4, -0.2) is 24.0 Å². The fourth-order valence-corrected chi connectivity index (χ4v) is 3.87. The number of aromatic nitrogens is 1. The minimum absolute atomic E-state index is 0.270. The van der Waals surface area contributed by atoms with Gasteiger partial charge in [0.05, 0.1) is 18.4 Å². The van der Waals surface area contributed by atoms with E-state index in [1.807, 2.05) is 73.7 Å². The zero-order valence-corrected chi connectivity index (χ0v) is 18.7. The SMILES string of the molecule is COc1ccccc1NC(=O)C1=C(C)NC(Nc2nc3ccccc3o2)=N[C@@H]1c1ccccc1. The van der Waals surface area contributed by atoms with Gasteiger partial charge in [-0.25, -0.2) is 4.99 Å². The van der Waals surface area contributed by atoms with Gasteiger partial charge in [0.25, 0.3) is 5.91 Å². The highest BCUT2D eigenvalue weighted by molar-refractivity contribution is 6.08. The molecule has 170 valence electrons. The van der Waals surface area contributed by atoms with Crippen molar-refractivity contribution in [2.45, 2.75) is 13.0 Å². The number of carbonyl (C=O) groups is 1. The number of fused-ring (bicyclic) bond motifs is 1. The minimum atomic E-state index is -0.538. The maximum Gasteiger partial charge on any atom is 0.302 e. The summed E-state index contributed by atoms with van der Waals surface area (Å²) in [6.07, 6.45) is 0. The van der Waals surface area contributed by atoms with Crippen LogP contribution in [-0.2, 0) is 4.79 Å². The number of rotatable bonds is 5. The van der Waals surface area contributed by atoms with Gasteiger partial charge >= 0.3 is 6.01 Å². The number of oxazole rings is 1. The number of hydrogen-bond acceptors (Lipinski definition) is 7. The molecule has 4 aromatic rings. The van der Waals surface area contributed by atoms with Crippen LogP contribution in [0.2, 0.25) is 0 Å². The smallest absolute Gasteiger partial charge is 0.302 e. The first-order chi connectivity index (χ1) is 16.6. The lowest BCUT2D eigenvalue weighted by molar-refractivity contribution is -0.113. The first-order valence-corrected chi connectivity index (χ1v) is 10.8. The van der Waals surface area contributed by atoms with E-state index in [1.165, 1.54) is 0 Å². The number of allylic oxidation sites excluding steroid dienone is 1. The van der Waals surface area contributed by atoms with Gasteiger partial charge < -0.3 is 19.8 Å². The van der Waals surface area contributed by atoms with Crippen molar-refractivity contribution in [3.05, 3.63) is 95.7 Å². The van der Waals surface area contributed by atoms with E-state index in [-0.39, 0.29) is 5.91 Å². The summed E-state index contributed by atoms with van der Waals surface area (Å²) in [7, 11) is 1.57. The molecule has 2 heterocycles. The Kier molecular flexibility index (Phi) is 5.70. The minimum Gasteiger partial charge on any atom is -0.495 e. The van der Waals surface area contributed by atoms with E-state index >= 15 is 0 Å². The molecule has 8 heteroatoms. The predicted octanol–water partition coefficient (Wildman–Crippen LogP) is 4.86. The molecule has 0 radical (unpaired) electrons. The molecule has 0 bridgehead atoms. The summed E-state index contributed by atoms with van der Waals surface area (Å²) in [5.74, 6) is 0.746. The zero-order chi connectivity index (χ0) is 23.5. The first-order valence-electron chi connectivity index (χ1n) is 10.8. The monoisotopic (exact) mass is 453 g/mol. The van der Waals surface area contributed by atoms with E-state index in [0.717, 1.165) is 11.1 Å². The Bertz CT molecular complexity index is 1380. The first kappa shape index (κ1) is 21.3. The topological polar surface area (TPSA) is 101 Å². The molecular formula is C26H23N5O3. The van der Waals surface area contributed by atoms with E-state index in [1.54, 1.807) is 19.2 Å². The van der Waals surface area contributed by atoms with Crippen LogP contribution in [0.15, 0.2) is 99.5 Å². The van der Waals surface area contributed by atoms with Gasteiger partial charge in [0.1, 0.15) is 17.3 Å². The van der Waals surface area contributed by atoms with Crippen molar-refractivity contribution in [1.82, 2.24) is 10.3 Å². The molecule has 5 rings (SSSR count). The molecule has 0 spiro atoms. The van der Waals surface area contributed by atoms with Gasteiger partial charge in [-0.05, 0) is 36.8 Å². The van der Waals surface area contributed by atoms with Crippen molar-refractivity contribution >= 4 is 34.7 Å². The van der Waals surface area contributed by atoms with Gasteiger partial charge in [-0.2, -0.15) is 4.98 Å². The maximum absolute atomic E-state index is 13.4. The van der Waals surface area contributed by atoms with Crippen LogP contribution in [0.1, 0.15) is 18.5 Å². The molecular weight excluding hydrogens is 430 g/mol. The molecule has 1 aromatic heterocycles. The predicted molar refractivity (Wildman–Crippen MR) is 132 cm³/mol. The second-order valence-corrected chi connectivity index (χ2v) is 7.72. The molecule has 0 fully saturated rings. The Balaban J connectivity index is 1.47. The molecule has 0 aliphatic carbocycles. The number of ether oxygens (including phenoxy) is 1. The summed E-state index contributed by atoms with van der Waals surface area (Å²) in [6.45, 7) is 1.84. The van der Waals surface area contributed by atoms with Crippen LogP contribution in [0.3, 0.4) is 0 Å². The van der Waals surface area contributed by atoms with E-state index in [4.69, 9.17) is 14.1 Å². The summed E-state index contributed by atoms with van der Waals surface area (Å²) in [5.41, 5.74) is 4.04. The number of para-hydroxylation sites is 4. The van der Waals surface area contributed by atoms with Crippen LogP contribution in [0.25, 0.3) is 11.1 Å². The Labute approximate surface area is 196 Å². The van der Waals surface area contributed by atoms with Crippen molar-refractivity contribution in [3.8, 4) is 5.75 Å². The summed E-state index contributed by atoms with van der Waals surface area (Å²) in [5, 5.41) is 9.25. The van der Waals surface area contributed by atoms with E-state index in [9.17, 15) is 4.79 Å². The van der Waals surface area contributed by atoms with Crippen LogP contribution >= 0.6 is 0 Å². The third-order valence-electron chi connectivity index (χ3n) is 5.48. The number of hydrogen-bond donors (Lipinski definition) is 3. The molecule has 8 nitrogen and oxygen atoms in total. The van der Waals surface area contributed by atoms with Crippen molar-refractivity contribution < 1.29 is 13.9 Å². The lowest BCUT2D eigenvalue weighted by atomic mass is 9.95. The van der Waals surface area contributed by atoms with Crippen molar-refractivity contribution in [2.75, 3.05) is 17.7 Å². The normalized spacial score (nSPS) is 15.5. The van der Waals surface area contributed by atoms with E-state index in [0.29, 0.717) is 40.3 Å². The molecule has 0 unspecified atom stereocenters. The van der Waals surface area contributed by atoms with Gasteiger partial charge in [0.2, 0.25) is 5.96 Å². The van der Waals surface area contributed by atoms with Gasteiger partial charge in [-0.3, -0.25) is 10.1 Å². The standard InChI is InChI=1S/C26H23N5O3/c1-16-22(24(32)28-18-12-6-8-14-20(18)33-2)23(17-10-4-3-5-11-17)30-25(27-16)31-26-29-19-13-7-9-15-21(19)34-26/h3-15,23H,1-2H3,(H,28,32)(H2,27,29,30,31)/t23-/m1/s1. The summed E-state index contributed by atoms with van der Waals surface area (Å²) < 4.78 is 11.2. The third kappa shape index (κ3) is 4.21. The highest BCUT2D eigenvalue weighted by Crippen LogP contribution is 2.33. The Morgan fingerprint density at radius 1 is 1.00 bits per heavy atom.